The first kappa shape index (κ1) is 11.7. The van der Waals surface area contributed by atoms with Gasteiger partial charge in [0.25, 0.3) is 0 Å². The number of nitrogens with one attached hydrogen (secondary N) is 1. The molecule has 1 aromatic rings. The van der Waals surface area contributed by atoms with Gasteiger partial charge in [0.1, 0.15) is 0 Å². The molecule has 0 aliphatic rings. The van der Waals surface area contributed by atoms with Crippen molar-refractivity contribution in [3.63, 3.8) is 0 Å². The van der Waals surface area contributed by atoms with Crippen LogP contribution in [-0.2, 0) is 4.79 Å². The van der Waals surface area contributed by atoms with Crippen molar-refractivity contribution in [2.75, 3.05) is 11.9 Å². The molecule has 0 aromatic heterocycles. The molecule has 4 nitrogen and oxygen atoms in total. The van der Waals surface area contributed by atoms with Crippen molar-refractivity contribution < 1.29 is 9.90 Å². The summed E-state index contributed by atoms with van der Waals surface area (Å²) in [6.45, 7) is 1.88. The van der Waals surface area contributed by atoms with E-state index in [0.29, 0.717) is 18.7 Å². The molecule has 4 N–H and O–H groups in total. The molecule has 0 heterocycles. The van der Waals surface area contributed by atoms with Gasteiger partial charge in [-0.05, 0) is 30.7 Å². The Kier molecular flexibility index (Phi) is 4.27. The predicted molar refractivity (Wildman–Crippen MR) is 59.4 cm³/mol. The third-order valence-electron chi connectivity index (χ3n) is 2.03. The molecule has 1 unspecified atom stereocenters. The molecule has 0 spiro atoms. The lowest BCUT2D eigenvalue weighted by Crippen LogP contribution is -2.09. The van der Waals surface area contributed by atoms with Gasteiger partial charge in [-0.1, -0.05) is 12.1 Å². The number of carbonyl (C=O) groups is 1. The Morgan fingerprint density at radius 1 is 1.60 bits per heavy atom. The van der Waals surface area contributed by atoms with E-state index in [1.54, 1.807) is 18.2 Å². The van der Waals surface area contributed by atoms with Crippen LogP contribution in [0.3, 0.4) is 0 Å². The van der Waals surface area contributed by atoms with Gasteiger partial charge in [0.15, 0.2) is 0 Å². The summed E-state index contributed by atoms with van der Waals surface area (Å²) in [6.07, 6.45) is -0.0486. The minimum Gasteiger partial charge on any atom is -0.388 e. The maximum atomic E-state index is 10.8. The van der Waals surface area contributed by atoms with Crippen LogP contribution in [0.1, 0.15) is 25.0 Å². The van der Waals surface area contributed by atoms with Crippen LogP contribution in [-0.4, -0.2) is 17.6 Å². The molecule has 4 heteroatoms. The van der Waals surface area contributed by atoms with Crippen LogP contribution < -0.4 is 11.1 Å². The second-order valence-electron chi connectivity index (χ2n) is 3.40. The standard InChI is InChI=1S/C11H16N2O2/c1-8(14)13-10-4-2-3-9(7-10)11(15)5-6-12/h2-4,7,11,15H,5-6,12H2,1H3,(H,13,14). The van der Waals surface area contributed by atoms with Crippen LogP contribution in [0.4, 0.5) is 5.69 Å². The van der Waals surface area contributed by atoms with Gasteiger partial charge >= 0.3 is 0 Å². The van der Waals surface area contributed by atoms with Gasteiger partial charge in [0.05, 0.1) is 6.10 Å². The lowest BCUT2D eigenvalue weighted by atomic mass is 10.1. The summed E-state index contributed by atoms with van der Waals surface area (Å²) in [4.78, 5) is 10.8. The fraction of sp³-hybridized carbons (Fsp3) is 0.364. The molecule has 1 aromatic carbocycles. The molecular weight excluding hydrogens is 192 g/mol. The van der Waals surface area contributed by atoms with E-state index >= 15 is 0 Å². The minimum absolute atomic E-state index is 0.125. The van der Waals surface area contributed by atoms with Crippen LogP contribution in [0.2, 0.25) is 0 Å². The van der Waals surface area contributed by atoms with Gasteiger partial charge < -0.3 is 16.2 Å². The monoisotopic (exact) mass is 208 g/mol. The summed E-state index contributed by atoms with van der Waals surface area (Å²) in [5, 5.41) is 12.3. The minimum atomic E-state index is -0.566. The molecule has 0 saturated heterocycles. The van der Waals surface area contributed by atoms with Gasteiger partial charge in [0, 0.05) is 12.6 Å². The number of nitrogens with two attached hydrogens (primary N) is 1. The van der Waals surface area contributed by atoms with Crippen LogP contribution >= 0.6 is 0 Å². The Labute approximate surface area is 89.1 Å². The average molecular weight is 208 g/mol. The van der Waals surface area contributed by atoms with E-state index in [1.807, 2.05) is 6.07 Å². The van der Waals surface area contributed by atoms with E-state index in [9.17, 15) is 9.90 Å². The van der Waals surface area contributed by atoms with Gasteiger partial charge in [-0.15, -0.1) is 0 Å². The molecule has 0 aliphatic heterocycles. The van der Waals surface area contributed by atoms with E-state index in [1.165, 1.54) is 6.92 Å². The summed E-state index contributed by atoms with van der Waals surface area (Å²) < 4.78 is 0. The summed E-state index contributed by atoms with van der Waals surface area (Å²) in [5.41, 5.74) is 6.82. The molecule has 15 heavy (non-hydrogen) atoms. The first-order chi connectivity index (χ1) is 7.13. The van der Waals surface area contributed by atoms with Crippen molar-refractivity contribution in [2.24, 2.45) is 5.73 Å². The second-order valence-corrected chi connectivity index (χ2v) is 3.40. The first-order valence-corrected chi connectivity index (χ1v) is 4.89. The topological polar surface area (TPSA) is 75.3 Å². The lowest BCUT2D eigenvalue weighted by molar-refractivity contribution is -0.114. The smallest absolute Gasteiger partial charge is 0.221 e. The molecule has 1 atom stereocenters. The summed E-state index contributed by atoms with van der Waals surface area (Å²) in [7, 11) is 0. The van der Waals surface area contributed by atoms with Crippen molar-refractivity contribution in [1.29, 1.82) is 0 Å². The number of carbonyl (C=O) groups excluding carboxylic acids is 1. The number of benzene rings is 1. The Hall–Kier alpha value is -1.39. The van der Waals surface area contributed by atoms with Crippen molar-refractivity contribution in [1.82, 2.24) is 0 Å². The number of aliphatic hydroxyl groups excluding tert-OH is 1. The van der Waals surface area contributed by atoms with E-state index in [0.717, 1.165) is 5.56 Å². The van der Waals surface area contributed by atoms with Gasteiger partial charge in [0.2, 0.25) is 5.91 Å². The normalized spacial score (nSPS) is 12.2. The maximum Gasteiger partial charge on any atom is 0.221 e. The highest BCUT2D eigenvalue weighted by molar-refractivity contribution is 5.88. The number of amides is 1. The fourth-order valence-electron chi connectivity index (χ4n) is 1.35. The highest BCUT2D eigenvalue weighted by Crippen LogP contribution is 2.19. The third kappa shape index (κ3) is 3.69. The molecular formula is C11H16N2O2. The second kappa shape index (κ2) is 5.48. The van der Waals surface area contributed by atoms with Crippen molar-refractivity contribution in [2.45, 2.75) is 19.4 Å². The van der Waals surface area contributed by atoms with E-state index in [2.05, 4.69) is 5.32 Å². The Balaban J connectivity index is 2.77. The highest BCUT2D eigenvalue weighted by atomic mass is 16.3. The van der Waals surface area contributed by atoms with Crippen molar-refractivity contribution >= 4 is 11.6 Å². The Morgan fingerprint density at radius 2 is 2.33 bits per heavy atom. The Bertz CT molecular complexity index is 339. The van der Waals surface area contributed by atoms with Crippen molar-refractivity contribution in [3.05, 3.63) is 29.8 Å². The SMILES string of the molecule is CC(=O)Nc1cccc(C(O)CCN)c1. The van der Waals surface area contributed by atoms with Gasteiger partial charge in [-0.25, -0.2) is 0 Å². The molecule has 1 amide bonds. The number of rotatable bonds is 4. The van der Waals surface area contributed by atoms with Crippen LogP contribution in [0, 0.1) is 0 Å². The van der Waals surface area contributed by atoms with Crippen molar-refractivity contribution in [3.8, 4) is 0 Å². The molecule has 1 rings (SSSR count). The van der Waals surface area contributed by atoms with Crippen LogP contribution in [0.5, 0.6) is 0 Å². The zero-order valence-electron chi connectivity index (χ0n) is 8.73. The lowest BCUT2D eigenvalue weighted by Gasteiger charge is -2.11. The first-order valence-electron chi connectivity index (χ1n) is 4.89. The molecule has 0 saturated carbocycles. The Morgan fingerprint density at radius 3 is 2.93 bits per heavy atom. The van der Waals surface area contributed by atoms with Gasteiger partial charge in [-0.2, -0.15) is 0 Å². The summed E-state index contributed by atoms with van der Waals surface area (Å²) in [5.74, 6) is -0.125. The zero-order valence-corrected chi connectivity index (χ0v) is 8.73. The number of anilines is 1. The fourth-order valence-corrected chi connectivity index (χ4v) is 1.35. The summed E-state index contributed by atoms with van der Waals surface area (Å²) >= 11 is 0. The zero-order chi connectivity index (χ0) is 11.3. The van der Waals surface area contributed by atoms with E-state index in [-0.39, 0.29) is 5.91 Å². The maximum absolute atomic E-state index is 10.8. The van der Waals surface area contributed by atoms with E-state index in [4.69, 9.17) is 5.73 Å². The largest absolute Gasteiger partial charge is 0.388 e. The number of hydrogen-bond acceptors (Lipinski definition) is 3. The number of aliphatic hydroxyl groups is 1. The molecule has 0 bridgehead atoms. The van der Waals surface area contributed by atoms with Gasteiger partial charge in [-0.3, -0.25) is 4.79 Å². The predicted octanol–water partition coefficient (Wildman–Crippen LogP) is 1.03. The van der Waals surface area contributed by atoms with E-state index < -0.39 is 6.10 Å². The molecule has 0 radical (unpaired) electrons. The van der Waals surface area contributed by atoms with Crippen LogP contribution in [0.15, 0.2) is 24.3 Å². The number of hydrogen-bond donors (Lipinski definition) is 3. The quantitative estimate of drug-likeness (QED) is 0.691. The highest BCUT2D eigenvalue weighted by Gasteiger charge is 2.06. The molecule has 0 fully saturated rings. The van der Waals surface area contributed by atoms with Crippen LogP contribution in [0.25, 0.3) is 0 Å². The summed E-state index contributed by atoms with van der Waals surface area (Å²) in [6, 6.07) is 7.13. The average Bonchev–Trinajstić information content (AvgIpc) is 2.17. The molecule has 0 aliphatic carbocycles. The third-order valence-corrected chi connectivity index (χ3v) is 2.03. The molecule has 82 valence electrons.